The lowest BCUT2D eigenvalue weighted by atomic mass is 10.1. The van der Waals surface area contributed by atoms with Crippen molar-refractivity contribution in [2.75, 3.05) is 16.8 Å². The van der Waals surface area contributed by atoms with Gasteiger partial charge in [0.25, 0.3) is 0 Å². The van der Waals surface area contributed by atoms with Gasteiger partial charge in [-0.3, -0.25) is 14.6 Å². The van der Waals surface area contributed by atoms with E-state index < -0.39 is 11.7 Å². The summed E-state index contributed by atoms with van der Waals surface area (Å²) in [5.74, 6) is -1.29. The van der Waals surface area contributed by atoms with E-state index in [1.54, 1.807) is 6.07 Å². The van der Waals surface area contributed by atoms with Gasteiger partial charge in [-0.15, -0.1) is 0 Å². The maximum absolute atomic E-state index is 13.2. The van der Waals surface area contributed by atoms with E-state index in [-0.39, 0.29) is 23.4 Å². The molecule has 1 N–H and O–H groups in total. The standard InChI is InChI=1S/C20H17ClFN3O2/c21-14-10-12(22)8-9-16(14)24-19(26)11-25-18-7-2-1-5-17(18)23-15-6-3-4-13(15)20(25)27/h1-2,5,7-10,13H,3-4,6,11H2,(H,24,26)/t13-/m1/s1. The number of amides is 2. The van der Waals surface area contributed by atoms with Gasteiger partial charge in [0.2, 0.25) is 11.8 Å². The first-order valence-electron chi connectivity index (χ1n) is 8.75. The normalized spacial score (nSPS) is 18.4. The summed E-state index contributed by atoms with van der Waals surface area (Å²) >= 11 is 5.97. The fourth-order valence-corrected chi connectivity index (χ4v) is 3.78. The van der Waals surface area contributed by atoms with E-state index in [9.17, 15) is 14.0 Å². The Bertz CT molecular complexity index is 960. The molecule has 0 aromatic heterocycles. The number of hydrogen-bond acceptors (Lipinski definition) is 3. The van der Waals surface area contributed by atoms with Crippen molar-refractivity contribution in [3.63, 3.8) is 0 Å². The Morgan fingerprint density at radius 2 is 2.11 bits per heavy atom. The summed E-state index contributed by atoms with van der Waals surface area (Å²) < 4.78 is 13.2. The van der Waals surface area contributed by atoms with Gasteiger partial charge in [-0.25, -0.2) is 4.39 Å². The number of nitrogens with zero attached hydrogens (tertiary/aromatic N) is 2. The molecule has 1 heterocycles. The highest BCUT2D eigenvalue weighted by molar-refractivity contribution is 6.33. The molecular formula is C20H17ClFN3O2. The van der Waals surface area contributed by atoms with Crippen LogP contribution in [0, 0.1) is 11.7 Å². The molecule has 7 heteroatoms. The predicted molar refractivity (Wildman–Crippen MR) is 103 cm³/mol. The molecule has 2 aromatic carbocycles. The van der Waals surface area contributed by atoms with E-state index >= 15 is 0 Å². The van der Waals surface area contributed by atoms with Gasteiger partial charge < -0.3 is 10.2 Å². The number of fused-ring (bicyclic) bond motifs is 2. The molecule has 2 aliphatic rings. The second-order valence-corrected chi connectivity index (χ2v) is 7.04. The van der Waals surface area contributed by atoms with Crippen LogP contribution in [0.4, 0.5) is 21.5 Å². The van der Waals surface area contributed by atoms with E-state index in [0.717, 1.165) is 31.0 Å². The minimum Gasteiger partial charge on any atom is -0.323 e. The number of halogens is 2. The molecule has 1 aliphatic carbocycles. The zero-order valence-corrected chi connectivity index (χ0v) is 15.2. The number of para-hydroxylation sites is 2. The van der Waals surface area contributed by atoms with Crippen LogP contribution in [-0.2, 0) is 9.59 Å². The molecule has 2 aromatic rings. The molecule has 1 saturated carbocycles. The third kappa shape index (κ3) is 3.45. The van der Waals surface area contributed by atoms with Crippen molar-refractivity contribution in [3.8, 4) is 0 Å². The summed E-state index contributed by atoms with van der Waals surface area (Å²) in [6.45, 7) is -0.164. The largest absolute Gasteiger partial charge is 0.323 e. The molecule has 1 fully saturated rings. The number of carbonyl (C=O) groups excluding carboxylic acids is 2. The van der Waals surface area contributed by atoms with Gasteiger partial charge in [0, 0.05) is 5.71 Å². The van der Waals surface area contributed by atoms with Crippen LogP contribution in [0.1, 0.15) is 19.3 Å². The van der Waals surface area contributed by atoms with Crippen LogP contribution in [0.2, 0.25) is 5.02 Å². The molecule has 0 spiro atoms. The maximum Gasteiger partial charge on any atom is 0.244 e. The van der Waals surface area contributed by atoms with Crippen LogP contribution in [-0.4, -0.2) is 24.1 Å². The summed E-state index contributed by atoms with van der Waals surface area (Å²) in [4.78, 5) is 31.8. The average Bonchev–Trinajstić information content (AvgIpc) is 3.06. The van der Waals surface area contributed by atoms with Gasteiger partial charge in [-0.2, -0.15) is 0 Å². The van der Waals surface area contributed by atoms with Crippen LogP contribution < -0.4 is 10.2 Å². The molecular weight excluding hydrogens is 369 g/mol. The number of nitrogens with one attached hydrogen (secondary N) is 1. The van der Waals surface area contributed by atoms with Crippen molar-refractivity contribution < 1.29 is 14.0 Å². The van der Waals surface area contributed by atoms with Crippen LogP contribution in [0.5, 0.6) is 0 Å². The van der Waals surface area contributed by atoms with Crippen molar-refractivity contribution in [3.05, 3.63) is 53.3 Å². The van der Waals surface area contributed by atoms with E-state index in [1.807, 2.05) is 18.2 Å². The highest BCUT2D eigenvalue weighted by Crippen LogP contribution is 2.37. The molecule has 0 unspecified atom stereocenters. The monoisotopic (exact) mass is 385 g/mol. The first-order chi connectivity index (χ1) is 13.0. The number of hydrogen-bond donors (Lipinski definition) is 1. The molecule has 138 valence electrons. The fourth-order valence-electron chi connectivity index (χ4n) is 3.56. The van der Waals surface area contributed by atoms with Crippen LogP contribution in [0.3, 0.4) is 0 Å². The quantitative estimate of drug-likeness (QED) is 0.854. The van der Waals surface area contributed by atoms with Crippen LogP contribution in [0.15, 0.2) is 47.5 Å². The predicted octanol–water partition coefficient (Wildman–Crippen LogP) is 4.34. The van der Waals surface area contributed by atoms with Gasteiger partial charge in [0.1, 0.15) is 12.4 Å². The Kier molecular flexibility index (Phi) is 4.66. The van der Waals surface area contributed by atoms with Crippen molar-refractivity contribution in [2.45, 2.75) is 19.3 Å². The molecule has 1 atom stereocenters. The molecule has 0 radical (unpaired) electrons. The maximum atomic E-state index is 13.2. The number of benzene rings is 2. The number of rotatable bonds is 3. The number of anilines is 2. The topological polar surface area (TPSA) is 61.8 Å². The Morgan fingerprint density at radius 1 is 1.30 bits per heavy atom. The Hall–Kier alpha value is -2.73. The van der Waals surface area contributed by atoms with Gasteiger partial charge >= 0.3 is 0 Å². The third-order valence-corrected chi connectivity index (χ3v) is 5.15. The lowest BCUT2D eigenvalue weighted by Gasteiger charge is -2.24. The molecule has 2 amide bonds. The molecule has 5 nitrogen and oxygen atoms in total. The lowest BCUT2D eigenvalue weighted by molar-refractivity contribution is -0.122. The van der Waals surface area contributed by atoms with E-state index in [0.29, 0.717) is 17.1 Å². The Balaban J connectivity index is 1.61. The highest BCUT2D eigenvalue weighted by Gasteiger charge is 2.37. The SMILES string of the molecule is O=C(CN1C(=O)[C@@H]2CCCC2=Nc2ccccc21)Nc1ccc(F)cc1Cl. The van der Waals surface area contributed by atoms with Gasteiger partial charge in [0.15, 0.2) is 0 Å². The van der Waals surface area contributed by atoms with Crippen LogP contribution >= 0.6 is 11.6 Å². The lowest BCUT2D eigenvalue weighted by Crippen LogP contribution is -2.41. The molecule has 4 rings (SSSR count). The van der Waals surface area contributed by atoms with Crippen LogP contribution in [0.25, 0.3) is 0 Å². The summed E-state index contributed by atoms with van der Waals surface area (Å²) in [6.07, 6.45) is 2.46. The molecule has 1 aliphatic heterocycles. The van der Waals surface area contributed by atoms with Crippen molar-refractivity contribution >= 4 is 46.2 Å². The summed E-state index contributed by atoms with van der Waals surface area (Å²) in [5.41, 5.74) is 2.50. The first kappa shape index (κ1) is 17.7. The number of aliphatic imine (C=N–C) groups is 1. The highest BCUT2D eigenvalue weighted by atomic mass is 35.5. The third-order valence-electron chi connectivity index (χ3n) is 4.84. The minimum atomic E-state index is -0.486. The average molecular weight is 386 g/mol. The van der Waals surface area contributed by atoms with Gasteiger partial charge in [-0.05, 0) is 49.6 Å². The van der Waals surface area contributed by atoms with E-state index in [1.165, 1.54) is 17.0 Å². The first-order valence-corrected chi connectivity index (χ1v) is 9.13. The summed E-state index contributed by atoms with van der Waals surface area (Å²) in [5, 5.41) is 2.75. The molecule has 0 saturated heterocycles. The second kappa shape index (κ2) is 7.12. The van der Waals surface area contributed by atoms with Crippen molar-refractivity contribution in [1.29, 1.82) is 0 Å². The summed E-state index contributed by atoms with van der Waals surface area (Å²) in [7, 11) is 0. The Morgan fingerprint density at radius 3 is 2.93 bits per heavy atom. The Labute approximate surface area is 160 Å². The van der Waals surface area contributed by atoms with Gasteiger partial charge in [0.05, 0.1) is 28.0 Å². The van der Waals surface area contributed by atoms with E-state index in [2.05, 4.69) is 10.3 Å². The summed E-state index contributed by atoms with van der Waals surface area (Å²) in [6, 6.07) is 11.0. The molecule has 0 bridgehead atoms. The van der Waals surface area contributed by atoms with Crippen molar-refractivity contribution in [1.82, 2.24) is 0 Å². The van der Waals surface area contributed by atoms with E-state index in [4.69, 9.17) is 11.6 Å². The van der Waals surface area contributed by atoms with Crippen molar-refractivity contribution in [2.24, 2.45) is 10.9 Å². The fraction of sp³-hybridized carbons (Fsp3) is 0.250. The second-order valence-electron chi connectivity index (χ2n) is 6.63. The minimum absolute atomic E-state index is 0.104. The molecule has 27 heavy (non-hydrogen) atoms. The smallest absolute Gasteiger partial charge is 0.244 e. The number of carbonyl (C=O) groups is 2. The van der Waals surface area contributed by atoms with Gasteiger partial charge in [-0.1, -0.05) is 23.7 Å². The zero-order chi connectivity index (χ0) is 19.0. The zero-order valence-electron chi connectivity index (χ0n) is 14.4.